The summed E-state index contributed by atoms with van der Waals surface area (Å²) in [5.41, 5.74) is 0.795. The lowest BCUT2D eigenvalue weighted by Crippen LogP contribution is -2.52. The maximum Gasteiger partial charge on any atom is 0.233 e. The molecule has 1 aromatic carbocycles. The van der Waals surface area contributed by atoms with E-state index in [1.165, 1.54) is 5.56 Å². The quantitative estimate of drug-likeness (QED) is 0.852. The molecule has 2 fully saturated rings. The van der Waals surface area contributed by atoms with E-state index in [-0.39, 0.29) is 5.41 Å². The van der Waals surface area contributed by atoms with Crippen LogP contribution in [0.4, 0.5) is 0 Å². The van der Waals surface area contributed by atoms with Crippen LogP contribution in [0.15, 0.2) is 30.3 Å². The summed E-state index contributed by atoms with van der Waals surface area (Å²) in [7, 11) is 0. The third kappa shape index (κ3) is 3.30. The van der Waals surface area contributed by atoms with Gasteiger partial charge in [-0.25, -0.2) is 0 Å². The molecule has 3 heteroatoms. The van der Waals surface area contributed by atoms with Gasteiger partial charge in [0.1, 0.15) is 0 Å². The Morgan fingerprint density at radius 3 is 2.30 bits per heavy atom. The lowest BCUT2D eigenvalue weighted by Gasteiger charge is -2.43. The average Bonchev–Trinajstić information content (AvgIpc) is 2.62. The third-order valence-corrected chi connectivity index (χ3v) is 5.85. The molecule has 3 rings (SSSR count). The van der Waals surface area contributed by atoms with Crippen molar-refractivity contribution in [3.8, 4) is 0 Å². The molecule has 0 aromatic heterocycles. The van der Waals surface area contributed by atoms with Crippen LogP contribution in [0, 0.1) is 11.8 Å². The molecular weight excluding hydrogens is 286 g/mol. The molecule has 1 aromatic rings. The highest BCUT2D eigenvalue weighted by molar-refractivity contribution is 5.88. The molecule has 0 saturated carbocycles. The van der Waals surface area contributed by atoms with Gasteiger partial charge in [0, 0.05) is 26.3 Å². The van der Waals surface area contributed by atoms with Crippen LogP contribution in [0.1, 0.15) is 45.1 Å². The first-order chi connectivity index (χ1) is 11.1. The summed E-state index contributed by atoms with van der Waals surface area (Å²) in [6, 6.07) is 10.3. The zero-order chi connectivity index (χ0) is 16.3. The summed E-state index contributed by atoms with van der Waals surface area (Å²) in [6.45, 7) is 7.79. The molecule has 0 aliphatic carbocycles. The molecule has 3 nitrogen and oxygen atoms in total. The van der Waals surface area contributed by atoms with Crippen molar-refractivity contribution in [2.24, 2.45) is 11.8 Å². The number of rotatable bonds is 3. The number of hydrogen-bond donors (Lipinski definition) is 0. The standard InChI is InChI=1S/C20H29NO2/c1-16(2)17-8-12-21(13-9-17)19(22)20(10-14-23-15-11-20)18-6-4-3-5-7-18/h3-7,16-17H,8-15H2,1-2H3. The van der Waals surface area contributed by atoms with Crippen LogP contribution in [-0.4, -0.2) is 37.1 Å². The Labute approximate surface area is 140 Å². The molecule has 2 saturated heterocycles. The average molecular weight is 315 g/mol. The van der Waals surface area contributed by atoms with Crippen molar-refractivity contribution < 1.29 is 9.53 Å². The van der Waals surface area contributed by atoms with Crippen LogP contribution in [0.5, 0.6) is 0 Å². The Morgan fingerprint density at radius 2 is 1.74 bits per heavy atom. The fourth-order valence-corrected chi connectivity index (χ4v) is 4.17. The first-order valence-electron chi connectivity index (χ1n) is 9.06. The van der Waals surface area contributed by atoms with Gasteiger partial charge in [0.05, 0.1) is 5.41 Å². The van der Waals surface area contributed by atoms with E-state index in [0.717, 1.165) is 50.6 Å². The van der Waals surface area contributed by atoms with Crippen LogP contribution in [-0.2, 0) is 14.9 Å². The number of likely N-dealkylation sites (tertiary alicyclic amines) is 1. The molecule has 23 heavy (non-hydrogen) atoms. The monoisotopic (exact) mass is 315 g/mol. The summed E-state index contributed by atoms with van der Waals surface area (Å²) in [6.07, 6.45) is 3.90. The molecule has 0 atom stereocenters. The Bertz CT molecular complexity index is 512. The van der Waals surface area contributed by atoms with Gasteiger partial charge in [-0.1, -0.05) is 44.2 Å². The molecule has 0 N–H and O–H groups in total. The number of amides is 1. The van der Waals surface area contributed by atoms with Gasteiger partial charge >= 0.3 is 0 Å². The Kier molecular flexibility index (Phi) is 5.05. The molecule has 0 spiro atoms. The molecule has 2 aliphatic rings. The third-order valence-electron chi connectivity index (χ3n) is 5.85. The van der Waals surface area contributed by atoms with E-state index in [2.05, 4.69) is 30.9 Å². The summed E-state index contributed by atoms with van der Waals surface area (Å²) < 4.78 is 5.56. The zero-order valence-corrected chi connectivity index (χ0v) is 14.5. The molecule has 0 radical (unpaired) electrons. The van der Waals surface area contributed by atoms with Gasteiger partial charge in [-0.15, -0.1) is 0 Å². The van der Waals surface area contributed by atoms with Crippen molar-refractivity contribution in [2.45, 2.75) is 44.9 Å². The molecule has 126 valence electrons. The Balaban J connectivity index is 1.79. The Morgan fingerprint density at radius 1 is 1.13 bits per heavy atom. The number of ether oxygens (including phenoxy) is 1. The van der Waals surface area contributed by atoms with Crippen molar-refractivity contribution in [3.05, 3.63) is 35.9 Å². The second-order valence-corrected chi connectivity index (χ2v) is 7.43. The van der Waals surface area contributed by atoms with Crippen LogP contribution >= 0.6 is 0 Å². The van der Waals surface area contributed by atoms with E-state index in [1.54, 1.807) is 0 Å². The molecule has 2 aliphatic heterocycles. The highest BCUT2D eigenvalue weighted by Gasteiger charge is 2.44. The van der Waals surface area contributed by atoms with Crippen molar-refractivity contribution in [3.63, 3.8) is 0 Å². The summed E-state index contributed by atoms with van der Waals surface area (Å²) >= 11 is 0. The number of carbonyl (C=O) groups is 1. The number of nitrogens with zero attached hydrogens (tertiary/aromatic N) is 1. The summed E-state index contributed by atoms with van der Waals surface area (Å²) in [4.78, 5) is 15.5. The predicted molar refractivity (Wildman–Crippen MR) is 92.3 cm³/mol. The van der Waals surface area contributed by atoms with E-state index in [4.69, 9.17) is 4.74 Å². The van der Waals surface area contributed by atoms with E-state index < -0.39 is 0 Å². The van der Waals surface area contributed by atoms with Crippen LogP contribution in [0.25, 0.3) is 0 Å². The van der Waals surface area contributed by atoms with Gasteiger partial charge in [-0.2, -0.15) is 0 Å². The number of hydrogen-bond acceptors (Lipinski definition) is 2. The zero-order valence-electron chi connectivity index (χ0n) is 14.5. The summed E-state index contributed by atoms with van der Waals surface area (Å²) in [5.74, 6) is 1.81. The van der Waals surface area contributed by atoms with Gasteiger partial charge < -0.3 is 9.64 Å². The van der Waals surface area contributed by atoms with Crippen molar-refractivity contribution >= 4 is 5.91 Å². The van der Waals surface area contributed by atoms with Gasteiger partial charge in [0.2, 0.25) is 5.91 Å². The fourth-order valence-electron chi connectivity index (χ4n) is 4.17. The molecule has 1 amide bonds. The topological polar surface area (TPSA) is 29.5 Å². The maximum atomic E-state index is 13.4. The highest BCUT2D eigenvalue weighted by Crippen LogP contribution is 2.38. The minimum absolute atomic E-state index is 0.328. The van der Waals surface area contributed by atoms with Gasteiger partial charge in [0.15, 0.2) is 0 Å². The molecule has 2 heterocycles. The number of carbonyl (C=O) groups excluding carboxylic acids is 1. The largest absolute Gasteiger partial charge is 0.381 e. The lowest BCUT2D eigenvalue weighted by molar-refractivity contribution is -0.143. The lowest BCUT2D eigenvalue weighted by atomic mass is 9.72. The van der Waals surface area contributed by atoms with E-state index in [1.807, 2.05) is 18.2 Å². The van der Waals surface area contributed by atoms with Crippen molar-refractivity contribution in [2.75, 3.05) is 26.3 Å². The number of benzene rings is 1. The van der Waals surface area contributed by atoms with Gasteiger partial charge in [-0.3, -0.25) is 4.79 Å². The van der Waals surface area contributed by atoms with E-state index in [0.29, 0.717) is 19.1 Å². The first kappa shape index (κ1) is 16.5. The molecule has 0 unspecified atom stereocenters. The minimum atomic E-state index is -0.371. The van der Waals surface area contributed by atoms with Crippen LogP contribution in [0.2, 0.25) is 0 Å². The van der Waals surface area contributed by atoms with E-state index in [9.17, 15) is 4.79 Å². The van der Waals surface area contributed by atoms with Crippen molar-refractivity contribution in [1.82, 2.24) is 4.90 Å². The fraction of sp³-hybridized carbons (Fsp3) is 0.650. The van der Waals surface area contributed by atoms with Gasteiger partial charge in [-0.05, 0) is 43.1 Å². The van der Waals surface area contributed by atoms with E-state index >= 15 is 0 Å². The minimum Gasteiger partial charge on any atom is -0.381 e. The second kappa shape index (κ2) is 7.04. The summed E-state index contributed by atoms with van der Waals surface area (Å²) in [5, 5.41) is 0. The van der Waals surface area contributed by atoms with Crippen LogP contribution in [0.3, 0.4) is 0 Å². The van der Waals surface area contributed by atoms with Crippen molar-refractivity contribution in [1.29, 1.82) is 0 Å². The predicted octanol–water partition coefficient (Wildman–Crippen LogP) is 3.63. The smallest absolute Gasteiger partial charge is 0.233 e. The first-order valence-corrected chi connectivity index (χ1v) is 9.06. The molecule has 0 bridgehead atoms. The SMILES string of the molecule is CC(C)C1CCN(C(=O)C2(c3ccccc3)CCOCC2)CC1. The normalized spacial score (nSPS) is 22.3. The second-order valence-electron chi connectivity index (χ2n) is 7.43. The highest BCUT2D eigenvalue weighted by atomic mass is 16.5. The van der Waals surface area contributed by atoms with Crippen LogP contribution < -0.4 is 0 Å². The maximum absolute atomic E-state index is 13.4. The van der Waals surface area contributed by atoms with Gasteiger partial charge in [0.25, 0.3) is 0 Å². The number of piperidine rings is 1. The molecular formula is C20H29NO2. The Hall–Kier alpha value is -1.35.